The lowest BCUT2D eigenvalue weighted by Crippen LogP contribution is -2.54. The molecule has 54 heavy (non-hydrogen) atoms. The van der Waals surface area contributed by atoms with E-state index in [9.17, 15) is 31.9 Å². The number of halogens is 7. The number of rotatable bonds is 7. The molecule has 290 valence electrons. The molecule has 3 N–H and O–H groups in total. The maximum absolute atomic E-state index is 15.8. The Bertz CT molecular complexity index is 1880. The molecule has 1 aliphatic carbocycles. The van der Waals surface area contributed by atoms with Crippen molar-refractivity contribution in [1.29, 1.82) is 5.41 Å². The SMILES string of the molecule is CC(C)C1CCC(C)(F)C(F)(F)C1c1cc(F)ccc1C(=O)N1CCC(c2ccc(C(=O)NC(=N)NC(=O)OCc3ccccc3)cc2C(F)(F)F)CC1. The van der Waals surface area contributed by atoms with Gasteiger partial charge in [-0.1, -0.05) is 50.2 Å². The molecule has 1 saturated carbocycles. The Balaban J connectivity index is 1.28. The summed E-state index contributed by atoms with van der Waals surface area (Å²) in [5.74, 6) is -11.0. The molecule has 0 spiro atoms. The van der Waals surface area contributed by atoms with Gasteiger partial charge < -0.3 is 9.64 Å². The number of alkyl carbamates (subject to hydrolysis) is 1. The van der Waals surface area contributed by atoms with Gasteiger partial charge in [0.2, 0.25) is 5.96 Å². The first-order chi connectivity index (χ1) is 25.3. The first-order valence-electron chi connectivity index (χ1n) is 17.5. The van der Waals surface area contributed by atoms with Crippen LogP contribution in [0, 0.1) is 23.1 Å². The predicted molar refractivity (Wildman–Crippen MR) is 185 cm³/mol. The van der Waals surface area contributed by atoms with Crippen molar-refractivity contribution in [3.8, 4) is 0 Å². The fourth-order valence-electron chi connectivity index (χ4n) is 7.44. The van der Waals surface area contributed by atoms with Crippen molar-refractivity contribution in [2.24, 2.45) is 11.8 Å². The first kappa shape index (κ1) is 40.2. The molecule has 1 heterocycles. The smallest absolute Gasteiger partial charge is 0.416 e. The quantitative estimate of drug-likeness (QED) is 0.127. The zero-order chi connectivity index (χ0) is 39.6. The summed E-state index contributed by atoms with van der Waals surface area (Å²) in [7, 11) is 0. The molecule has 0 aromatic heterocycles. The van der Waals surface area contributed by atoms with Crippen molar-refractivity contribution in [3.63, 3.8) is 0 Å². The zero-order valence-corrected chi connectivity index (χ0v) is 29.8. The van der Waals surface area contributed by atoms with Crippen LogP contribution >= 0.6 is 0 Å². The van der Waals surface area contributed by atoms with Crippen molar-refractivity contribution in [3.05, 3.63) is 106 Å². The van der Waals surface area contributed by atoms with E-state index >= 15 is 13.2 Å². The van der Waals surface area contributed by atoms with E-state index in [0.29, 0.717) is 11.6 Å². The first-order valence-corrected chi connectivity index (χ1v) is 17.5. The molecule has 1 saturated heterocycles. The van der Waals surface area contributed by atoms with Gasteiger partial charge in [0.15, 0.2) is 5.67 Å². The minimum atomic E-state index is -4.89. The second-order valence-electron chi connectivity index (χ2n) is 14.4. The molecule has 0 radical (unpaired) electrons. The number of carbonyl (C=O) groups excluding carboxylic acids is 3. The minimum absolute atomic E-state index is 0.0489. The second kappa shape index (κ2) is 15.8. The molecule has 2 aliphatic rings. The van der Waals surface area contributed by atoms with Gasteiger partial charge >= 0.3 is 12.3 Å². The molecule has 3 atom stereocenters. The van der Waals surface area contributed by atoms with Gasteiger partial charge in [-0.15, -0.1) is 0 Å². The van der Waals surface area contributed by atoms with E-state index in [1.807, 2.05) is 10.6 Å². The normalized spacial score (nSPS) is 21.7. The number of guanidine groups is 1. The molecule has 2 fully saturated rings. The molecule has 3 aromatic carbocycles. The van der Waals surface area contributed by atoms with E-state index in [1.54, 1.807) is 44.2 Å². The van der Waals surface area contributed by atoms with Crippen LogP contribution in [0.1, 0.15) is 101 Å². The Morgan fingerprint density at radius 2 is 1.59 bits per heavy atom. The Morgan fingerprint density at radius 3 is 2.22 bits per heavy atom. The summed E-state index contributed by atoms with van der Waals surface area (Å²) in [4.78, 5) is 40.0. The van der Waals surface area contributed by atoms with Crippen molar-refractivity contribution in [1.82, 2.24) is 15.5 Å². The number of benzene rings is 3. The highest BCUT2D eigenvalue weighted by Crippen LogP contribution is 2.57. The summed E-state index contributed by atoms with van der Waals surface area (Å²) in [6.45, 7) is 4.00. The van der Waals surface area contributed by atoms with Gasteiger partial charge in [-0.05, 0) is 97.4 Å². The molecular weight excluding hydrogens is 721 g/mol. The number of carbonyl (C=O) groups is 3. The molecule has 15 heteroatoms. The number of hydrogen-bond acceptors (Lipinski definition) is 5. The van der Waals surface area contributed by atoms with E-state index in [-0.39, 0.29) is 61.6 Å². The molecule has 5 rings (SSSR count). The van der Waals surface area contributed by atoms with Crippen LogP contribution in [-0.2, 0) is 17.5 Å². The van der Waals surface area contributed by atoms with Gasteiger partial charge in [0, 0.05) is 24.2 Å². The minimum Gasteiger partial charge on any atom is -0.444 e. The van der Waals surface area contributed by atoms with Gasteiger partial charge in [0.1, 0.15) is 12.4 Å². The summed E-state index contributed by atoms with van der Waals surface area (Å²) in [6.07, 6.45) is -6.15. The van der Waals surface area contributed by atoms with E-state index in [2.05, 4.69) is 0 Å². The predicted octanol–water partition coefficient (Wildman–Crippen LogP) is 8.97. The number of ether oxygens (including phenoxy) is 1. The van der Waals surface area contributed by atoms with Crippen molar-refractivity contribution in [2.45, 2.75) is 82.7 Å². The number of alkyl halides is 6. The van der Waals surface area contributed by atoms with Crippen LogP contribution in [0.4, 0.5) is 35.5 Å². The monoisotopic (exact) mass is 762 g/mol. The highest BCUT2D eigenvalue weighted by Gasteiger charge is 2.62. The number of nitrogens with zero attached hydrogens (tertiary/aromatic N) is 1. The number of nitrogens with one attached hydrogen (secondary N) is 3. The maximum atomic E-state index is 15.8. The molecule has 3 amide bonds. The summed E-state index contributed by atoms with van der Waals surface area (Å²) in [5.41, 5.74) is -4.40. The zero-order valence-electron chi connectivity index (χ0n) is 29.8. The molecule has 1 aliphatic heterocycles. The molecule has 3 aromatic rings. The standard InChI is InChI=1S/C39H41F7N4O4/c1-22(2)27-13-16-37(3,41)38(42,43)32(27)30-20-26(40)10-12-29(30)34(52)50-17-14-24(15-18-50)28-11-9-25(19-31(28)39(44,45)46)33(51)48-35(47)49-36(53)54-21-23-7-5-4-6-8-23/h4-12,19-20,22,24,27,32H,13-18,21H2,1-3H3,(H3,47,48,49,51,53). The van der Waals surface area contributed by atoms with Crippen LogP contribution in [0.15, 0.2) is 66.7 Å². The number of hydrogen-bond donors (Lipinski definition) is 3. The fourth-order valence-corrected chi connectivity index (χ4v) is 7.44. The van der Waals surface area contributed by atoms with Crippen molar-refractivity contribution < 1.29 is 49.9 Å². The molecular formula is C39H41F7N4O4. The summed E-state index contributed by atoms with van der Waals surface area (Å²) < 4.78 is 110. The third kappa shape index (κ3) is 8.71. The Hall–Kier alpha value is -4.95. The van der Waals surface area contributed by atoms with E-state index in [1.165, 1.54) is 4.90 Å². The second-order valence-corrected chi connectivity index (χ2v) is 14.4. The van der Waals surface area contributed by atoms with Crippen LogP contribution < -0.4 is 10.6 Å². The van der Waals surface area contributed by atoms with Crippen LogP contribution in [0.5, 0.6) is 0 Å². The summed E-state index contributed by atoms with van der Waals surface area (Å²) >= 11 is 0. The van der Waals surface area contributed by atoms with Gasteiger partial charge in [-0.3, -0.25) is 25.6 Å². The lowest BCUT2D eigenvalue weighted by Gasteiger charge is -2.47. The Morgan fingerprint density at radius 1 is 0.926 bits per heavy atom. The molecule has 8 nitrogen and oxygen atoms in total. The topological polar surface area (TPSA) is 112 Å². The van der Waals surface area contributed by atoms with Crippen LogP contribution in [0.3, 0.4) is 0 Å². The van der Waals surface area contributed by atoms with Crippen molar-refractivity contribution in [2.75, 3.05) is 13.1 Å². The third-order valence-corrected chi connectivity index (χ3v) is 10.4. The lowest BCUT2D eigenvalue weighted by molar-refractivity contribution is -0.186. The highest BCUT2D eigenvalue weighted by molar-refractivity contribution is 6.08. The number of amides is 3. The van der Waals surface area contributed by atoms with Gasteiger partial charge in [0.05, 0.1) is 11.5 Å². The van der Waals surface area contributed by atoms with Crippen molar-refractivity contribution >= 4 is 23.9 Å². The fraction of sp³-hybridized carbons (Fsp3) is 0.436. The van der Waals surface area contributed by atoms with E-state index in [4.69, 9.17) is 10.1 Å². The van der Waals surface area contributed by atoms with Gasteiger partial charge in [-0.2, -0.15) is 13.2 Å². The summed E-state index contributed by atoms with van der Waals surface area (Å²) in [6, 6.07) is 14.5. The average Bonchev–Trinajstić information content (AvgIpc) is 3.11. The molecule has 0 bridgehead atoms. The van der Waals surface area contributed by atoms with Crippen LogP contribution in [-0.4, -0.2) is 53.4 Å². The summed E-state index contributed by atoms with van der Waals surface area (Å²) in [5, 5.41) is 11.9. The number of piperidine rings is 1. The van der Waals surface area contributed by atoms with E-state index in [0.717, 1.165) is 37.3 Å². The average molecular weight is 763 g/mol. The van der Waals surface area contributed by atoms with Crippen LogP contribution in [0.25, 0.3) is 0 Å². The highest BCUT2D eigenvalue weighted by atomic mass is 19.4. The Labute approximate surface area is 307 Å². The molecule has 3 unspecified atom stereocenters. The Kier molecular flexibility index (Phi) is 11.8. The van der Waals surface area contributed by atoms with Gasteiger partial charge in [0.25, 0.3) is 17.7 Å². The lowest BCUT2D eigenvalue weighted by atomic mass is 9.63. The largest absolute Gasteiger partial charge is 0.444 e. The van der Waals surface area contributed by atoms with Gasteiger partial charge in [-0.25, -0.2) is 22.4 Å². The number of likely N-dealkylation sites (tertiary alicyclic amines) is 1. The van der Waals surface area contributed by atoms with E-state index < -0.39 is 82.8 Å². The third-order valence-electron chi connectivity index (χ3n) is 10.4. The maximum Gasteiger partial charge on any atom is 0.416 e. The van der Waals surface area contributed by atoms with Crippen LogP contribution in [0.2, 0.25) is 0 Å².